The number of unbranched alkanes of at least 4 members (excludes halogenated alkanes) is 30. The van der Waals surface area contributed by atoms with Crippen molar-refractivity contribution in [3.63, 3.8) is 0 Å². The first kappa shape index (κ1) is 57.0. The van der Waals surface area contributed by atoms with Crippen molar-refractivity contribution in [1.82, 2.24) is 0 Å². The fourth-order valence-electron chi connectivity index (χ4n) is 8.72. The lowest BCUT2D eigenvalue weighted by atomic mass is 10.0. The second-order valence-electron chi connectivity index (χ2n) is 19.0. The molecule has 0 aliphatic carbocycles. The Hall–Kier alpha value is -3.10. The summed E-state index contributed by atoms with van der Waals surface area (Å²) in [7, 11) is 0. The molecule has 0 saturated heterocycles. The van der Waals surface area contributed by atoms with Crippen molar-refractivity contribution in [3.8, 4) is 23.7 Å². The van der Waals surface area contributed by atoms with Gasteiger partial charge in [0.2, 0.25) is 0 Å². The Morgan fingerprint density at radius 2 is 0.578 bits per heavy atom. The van der Waals surface area contributed by atoms with Crippen LogP contribution in [0.15, 0.2) is 58.5 Å². The number of nitrogens with zero attached hydrogens (tertiary/aromatic N) is 2. The molecule has 0 radical (unpaired) electrons. The number of hydrogen-bond donors (Lipinski definition) is 0. The van der Waals surface area contributed by atoms with Crippen LogP contribution in [-0.2, 0) is 12.8 Å². The molecule has 0 heterocycles. The van der Waals surface area contributed by atoms with Crippen LogP contribution >= 0.6 is 0 Å². The normalized spacial score (nSPS) is 11.7. The summed E-state index contributed by atoms with van der Waals surface area (Å²) in [5, 5.41) is 0. The molecule has 2 rings (SSSR count). The van der Waals surface area contributed by atoms with Crippen LogP contribution in [0.2, 0.25) is 0 Å². The molecular weight excluding hydrogens is 773 g/mol. The topological polar surface area (TPSA) is 24.7 Å². The SMILES string of the molecule is CCCCCCCCCCCCCCCC#CCCCc1ccccc1N=C(CCCC)C(CCCC)=Nc1ccccc1CCCC#CCCCCCCCCCCCCCCC. The molecule has 0 atom stereocenters. The largest absolute Gasteiger partial charge is 0.251 e. The maximum atomic E-state index is 5.46. The fourth-order valence-corrected chi connectivity index (χ4v) is 8.72. The van der Waals surface area contributed by atoms with Crippen LogP contribution in [0.5, 0.6) is 0 Å². The van der Waals surface area contributed by atoms with E-state index in [0.29, 0.717) is 0 Å². The van der Waals surface area contributed by atoms with Gasteiger partial charge in [0.1, 0.15) is 0 Å². The van der Waals surface area contributed by atoms with Crippen molar-refractivity contribution in [2.45, 2.75) is 285 Å². The molecule has 2 aromatic rings. The van der Waals surface area contributed by atoms with Crippen LogP contribution in [-0.4, -0.2) is 11.4 Å². The lowest BCUT2D eigenvalue weighted by Gasteiger charge is -2.14. The lowest BCUT2D eigenvalue weighted by molar-refractivity contribution is 0.540. The van der Waals surface area contributed by atoms with Gasteiger partial charge in [-0.15, -0.1) is 23.7 Å². The van der Waals surface area contributed by atoms with Gasteiger partial charge in [0.25, 0.3) is 0 Å². The highest BCUT2D eigenvalue weighted by atomic mass is 14.8. The van der Waals surface area contributed by atoms with Crippen LogP contribution in [0.1, 0.15) is 283 Å². The second-order valence-corrected chi connectivity index (χ2v) is 19.0. The molecule has 0 fully saturated rings. The predicted molar refractivity (Wildman–Crippen MR) is 288 cm³/mol. The molecule has 0 aliphatic heterocycles. The summed E-state index contributed by atoms with van der Waals surface area (Å²) in [5.41, 5.74) is 7.25. The molecule has 0 aromatic heterocycles. The lowest BCUT2D eigenvalue weighted by Crippen LogP contribution is -2.14. The predicted octanol–water partition coefficient (Wildman–Crippen LogP) is 20.5. The summed E-state index contributed by atoms with van der Waals surface area (Å²) >= 11 is 0. The van der Waals surface area contributed by atoms with Crippen molar-refractivity contribution < 1.29 is 0 Å². The Morgan fingerprint density at radius 1 is 0.312 bits per heavy atom. The zero-order valence-electron chi connectivity index (χ0n) is 42.8. The van der Waals surface area contributed by atoms with Gasteiger partial charge in [0.05, 0.1) is 22.8 Å². The molecule has 0 saturated carbocycles. The van der Waals surface area contributed by atoms with Gasteiger partial charge in [-0.3, -0.25) is 9.98 Å². The van der Waals surface area contributed by atoms with Crippen LogP contribution < -0.4 is 0 Å². The van der Waals surface area contributed by atoms with Crippen LogP contribution in [0.4, 0.5) is 11.4 Å². The van der Waals surface area contributed by atoms with E-state index in [9.17, 15) is 0 Å². The summed E-state index contributed by atoms with van der Waals surface area (Å²) in [6, 6.07) is 17.6. The van der Waals surface area contributed by atoms with Gasteiger partial charge in [0, 0.05) is 25.7 Å². The van der Waals surface area contributed by atoms with Gasteiger partial charge >= 0.3 is 0 Å². The third-order valence-corrected chi connectivity index (χ3v) is 12.9. The van der Waals surface area contributed by atoms with Gasteiger partial charge in [-0.1, -0.05) is 231 Å². The van der Waals surface area contributed by atoms with Gasteiger partial charge in [0.15, 0.2) is 0 Å². The van der Waals surface area contributed by atoms with Crippen molar-refractivity contribution in [1.29, 1.82) is 0 Å². The molecule has 2 nitrogen and oxygen atoms in total. The summed E-state index contributed by atoms with van der Waals surface area (Å²) in [6.45, 7) is 9.17. The molecule has 0 spiro atoms. The van der Waals surface area contributed by atoms with E-state index in [1.807, 2.05) is 0 Å². The summed E-state index contributed by atoms with van der Waals surface area (Å²) in [4.78, 5) is 10.9. The standard InChI is InChI=1S/C62H100N2/c1-5-9-13-15-17-19-21-23-25-27-29-31-33-35-37-39-41-43-49-57-51-45-47-55-59(57)63-61(53-11-7-3)62(54-12-8-4)64-60-56-48-46-52-58(60)50-44-42-40-38-36-34-32-30-28-26-24-22-20-18-16-14-10-6-2/h45-48,51-52,55-56H,5-36,41-44,49-50,53-54H2,1-4H3. The summed E-state index contributed by atoms with van der Waals surface area (Å²) < 4.78 is 0. The third kappa shape index (κ3) is 31.7. The van der Waals surface area contributed by atoms with E-state index >= 15 is 0 Å². The number of aryl methyl sites for hydroxylation is 2. The van der Waals surface area contributed by atoms with Crippen molar-refractivity contribution >= 4 is 22.8 Å². The average Bonchev–Trinajstić information content (AvgIpc) is 3.31. The first-order valence-electron chi connectivity index (χ1n) is 28.0. The van der Waals surface area contributed by atoms with Gasteiger partial charge < -0.3 is 0 Å². The van der Waals surface area contributed by atoms with Gasteiger partial charge in [-0.25, -0.2) is 0 Å². The van der Waals surface area contributed by atoms with E-state index < -0.39 is 0 Å². The Bertz CT molecular complexity index is 1440. The van der Waals surface area contributed by atoms with Crippen LogP contribution in [0.25, 0.3) is 0 Å². The van der Waals surface area contributed by atoms with Crippen LogP contribution in [0, 0.1) is 23.7 Å². The Labute approximate surface area is 399 Å². The van der Waals surface area contributed by atoms with E-state index in [1.54, 1.807) is 0 Å². The summed E-state index contributed by atoms with van der Waals surface area (Å²) in [6.07, 6.45) is 51.1. The minimum absolute atomic E-state index is 0.963. The monoisotopic (exact) mass is 873 g/mol. The van der Waals surface area contributed by atoms with E-state index in [0.717, 1.165) is 101 Å². The minimum atomic E-state index is 0.963. The van der Waals surface area contributed by atoms with E-state index in [1.165, 1.54) is 189 Å². The first-order valence-corrected chi connectivity index (χ1v) is 28.0. The number of hydrogen-bond acceptors (Lipinski definition) is 2. The Kier molecular flexibility index (Phi) is 39.0. The zero-order chi connectivity index (χ0) is 45.6. The van der Waals surface area contributed by atoms with Crippen molar-refractivity contribution in [2.75, 3.05) is 0 Å². The fraction of sp³-hybridized carbons (Fsp3) is 0.710. The van der Waals surface area contributed by atoms with Crippen molar-refractivity contribution in [2.24, 2.45) is 9.98 Å². The molecule has 0 N–H and O–H groups in total. The minimum Gasteiger partial charge on any atom is -0.251 e. The van der Waals surface area contributed by atoms with Crippen LogP contribution in [0.3, 0.4) is 0 Å². The molecule has 358 valence electrons. The molecule has 2 heteroatoms. The highest BCUT2D eigenvalue weighted by Crippen LogP contribution is 2.26. The number of para-hydroxylation sites is 2. The quantitative estimate of drug-likeness (QED) is 0.0361. The highest BCUT2D eigenvalue weighted by molar-refractivity contribution is 6.43. The second kappa shape index (κ2) is 43.8. The Balaban J connectivity index is 1.84. The van der Waals surface area contributed by atoms with E-state index in [4.69, 9.17) is 9.98 Å². The smallest absolute Gasteiger partial charge is 0.0665 e. The zero-order valence-corrected chi connectivity index (χ0v) is 42.8. The number of rotatable bonds is 41. The van der Waals surface area contributed by atoms with Gasteiger partial charge in [-0.05, 0) is 87.5 Å². The van der Waals surface area contributed by atoms with E-state index in [2.05, 4.69) is 99.9 Å². The van der Waals surface area contributed by atoms with E-state index in [-0.39, 0.29) is 0 Å². The molecule has 0 amide bonds. The molecule has 64 heavy (non-hydrogen) atoms. The van der Waals surface area contributed by atoms with Gasteiger partial charge in [-0.2, -0.15) is 0 Å². The number of aliphatic imine (C=N–C) groups is 2. The molecular formula is C62H100N2. The third-order valence-electron chi connectivity index (χ3n) is 12.9. The number of benzene rings is 2. The Morgan fingerprint density at radius 3 is 0.891 bits per heavy atom. The molecule has 0 unspecified atom stereocenters. The molecule has 0 aliphatic rings. The average molecular weight is 873 g/mol. The first-order chi connectivity index (χ1) is 31.7. The maximum Gasteiger partial charge on any atom is 0.0665 e. The molecule has 2 aromatic carbocycles. The summed E-state index contributed by atoms with van der Waals surface area (Å²) in [5.74, 6) is 14.0. The van der Waals surface area contributed by atoms with Crippen molar-refractivity contribution in [3.05, 3.63) is 59.7 Å². The molecule has 0 bridgehead atoms. The highest BCUT2D eigenvalue weighted by Gasteiger charge is 2.13. The maximum absolute atomic E-state index is 5.46.